The van der Waals surface area contributed by atoms with Crippen LogP contribution in [0.4, 0.5) is 0 Å². The molecule has 0 aliphatic carbocycles. The van der Waals surface area contributed by atoms with Crippen LogP contribution in [0.1, 0.15) is 53.0 Å². The molecule has 14 heteroatoms. The van der Waals surface area contributed by atoms with Crippen molar-refractivity contribution in [3.8, 4) is 0 Å². The second kappa shape index (κ2) is 15.5. The number of amides is 5. The van der Waals surface area contributed by atoms with Gasteiger partial charge in [0.25, 0.3) is 0 Å². The van der Waals surface area contributed by atoms with Gasteiger partial charge in [0.1, 0.15) is 30.2 Å². The fourth-order valence-electron chi connectivity index (χ4n) is 5.38. The minimum Gasteiger partial charge on any atom is -0.480 e. The van der Waals surface area contributed by atoms with E-state index in [1.54, 1.807) is 33.9 Å². The third kappa shape index (κ3) is 8.81. The van der Waals surface area contributed by atoms with Gasteiger partial charge < -0.3 is 42.0 Å². The Kier molecular flexibility index (Phi) is 12.1. The van der Waals surface area contributed by atoms with Crippen molar-refractivity contribution in [1.82, 2.24) is 31.2 Å². The van der Waals surface area contributed by atoms with E-state index in [9.17, 15) is 33.9 Å². The number of aromatic nitrogens is 1. The zero-order valence-corrected chi connectivity index (χ0v) is 26.4. The quantitative estimate of drug-likeness (QED) is 0.151. The van der Waals surface area contributed by atoms with Crippen molar-refractivity contribution in [3.05, 3.63) is 36.0 Å². The maximum absolute atomic E-state index is 13.7. The van der Waals surface area contributed by atoms with Crippen LogP contribution in [0.5, 0.6) is 0 Å². The van der Waals surface area contributed by atoms with Crippen molar-refractivity contribution >= 4 is 46.4 Å². The molecule has 1 fully saturated rings. The van der Waals surface area contributed by atoms with Crippen LogP contribution in [-0.2, 0) is 35.2 Å². The summed E-state index contributed by atoms with van der Waals surface area (Å²) in [6.45, 7) is 8.39. The highest BCUT2D eigenvalue weighted by atomic mass is 16.4. The van der Waals surface area contributed by atoms with Gasteiger partial charge in [-0.25, -0.2) is 0 Å². The maximum Gasteiger partial charge on any atom is 0.325 e. The number of H-pyrrole nitrogens is 1. The predicted octanol–water partition coefficient (Wildman–Crippen LogP) is 0.0158. The molecule has 1 aromatic carbocycles. The first kappa shape index (κ1) is 35.0. The summed E-state index contributed by atoms with van der Waals surface area (Å²) in [5.41, 5.74) is 6.99. The van der Waals surface area contributed by atoms with E-state index in [1.807, 2.05) is 24.3 Å². The first-order valence-corrected chi connectivity index (χ1v) is 15.2. The number of hydrogen-bond acceptors (Lipinski definition) is 7. The van der Waals surface area contributed by atoms with Crippen molar-refractivity contribution < 1.29 is 33.9 Å². The summed E-state index contributed by atoms with van der Waals surface area (Å²) in [6, 6.07) is 2.30. The number of carboxylic acid groups (broad SMARTS) is 1. The first-order valence-electron chi connectivity index (χ1n) is 15.2. The summed E-state index contributed by atoms with van der Waals surface area (Å²) in [6.07, 6.45) is 2.72. The highest BCUT2D eigenvalue weighted by Gasteiger charge is 2.40. The molecule has 2 aromatic rings. The van der Waals surface area contributed by atoms with Crippen LogP contribution in [0.25, 0.3) is 10.9 Å². The normalized spacial score (nSPS) is 17.4. The number of rotatable bonds is 14. The molecule has 45 heavy (non-hydrogen) atoms. The second-order valence-electron chi connectivity index (χ2n) is 12.1. The number of benzene rings is 1. The second-order valence-corrected chi connectivity index (χ2v) is 12.1. The maximum atomic E-state index is 13.7. The van der Waals surface area contributed by atoms with E-state index in [1.165, 1.54) is 11.8 Å². The van der Waals surface area contributed by atoms with Gasteiger partial charge in [-0.3, -0.25) is 28.8 Å². The number of likely N-dealkylation sites (tertiary alicyclic amines) is 1. The molecule has 0 saturated carbocycles. The summed E-state index contributed by atoms with van der Waals surface area (Å²) < 4.78 is 0. The standard InChI is InChI=1S/C31H45N7O7/c1-16(2)25(37-28(41)23-11-8-12-38(23)30(43)26(17(3)4)36-24(39)14-32)29(42)35-22(27(40)34-18(5)31(44)45)13-19-15-33-21-10-7-6-9-20(19)21/h6-7,9-10,15-18,22-23,25-26,33H,8,11-14,32H2,1-5H3,(H,34,40)(H,35,42)(H,36,39)(H,37,41)(H,44,45)/t18-,22-,23-,25-,26-/m0/s1. The fourth-order valence-corrected chi connectivity index (χ4v) is 5.38. The minimum atomic E-state index is -1.23. The Morgan fingerprint density at radius 1 is 0.933 bits per heavy atom. The van der Waals surface area contributed by atoms with E-state index < -0.39 is 71.6 Å². The number of carboxylic acids is 1. The zero-order chi connectivity index (χ0) is 33.4. The van der Waals surface area contributed by atoms with Gasteiger partial charge in [0.05, 0.1) is 6.54 Å². The molecule has 2 heterocycles. The molecule has 8 N–H and O–H groups in total. The van der Waals surface area contributed by atoms with Gasteiger partial charge in [-0.2, -0.15) is 0 Å². The highest BCUT2D eigenvalue weighted by molar-refractivity contribution is 5.97. The Hall–Kier alpha value is -4.46. The van der Waals surface area contributed by atoms with Crippen LogP contribution < -0.4 is 27.0 Å². The van der Waals surface area contributed by atoms with Crippen molar-refractivity contribution in [3.63, 3.8) is 0 Å². The average Bonchev–Trinajstić information content (AvgIpc) is 3.65. The van der Waals surface area contributed by atoms with Gasteiger partial charge in [-0.15, -0.1) is 0 Å². The van der Waals surface area contributed by atoms with Crippen LogP contribution in [0, 0.1) is 11.8 Å². The van der Waals surface area contributed by atoms with Crippen LogP contribution in [0.3, 0.4) is 0 Å². The summed E-state index contributed by atoms with van der Waals surface area (Å²) >= 11 is 0. The Morgan fingerprint density at radius 3 is 2.22 bits per heavy atom. The lowest BCUT2D eigenvalue weighted by atomic mass is 9.99. The van der Waals surface area contributed by atoms with Gasteiger partial charge in [0.2, 0.25) is 29.5 Å². The van der Waals surface area contributed by atoms with Crippen LogP contribution in [-0.4, -0.2) is 93.8 Å². The molecule has 1 aliphatic rings. The van der Waals surface area contributed by atoms with Crippen LogP contribution >= 0.6 is 0 Å². The number of nitrogens with one attached hydrogen (secondary N) is 5. The van der Waals surface area contributed by atoms with E-state index in [0.717, 1.165) is 16.5 Å². The molecule has 0 bridgehead atoms. The number of nitrogens with two attached hydrogens (primary N) is 1. The fraction of sp³-hybridized carbons (Fsp3) is 0.548. The average molecular weight is 628 g/mol. The molecule has 0 radical (unpaired) electrons. The van der Waals surface area contributed by atoms with Gasteiger partial charge in [0.15, 0.2) is 0 Å². The van der Waals surface area contributed by atoms with Crippen molar-refractivity contribution in [1.29, 1.82) is 0 Å². The zero-order valence-electron chi connectivity index (χ0n) is 26.4. The highest BCUT2D eigenvalue weighted by Crippen LogP contribution is 2.22. The molecule has 14 nitrogen and oxygen atoms in total. The molecule has 5 amide bonds. The largest absolute Gasteiger partial charge is 0.480 e. The van der Waals surface area contributed by atoms with Crippen molar-refractivity contribution in [2.75, 3.05) is 13.1 Å². The molecule has 3 rings (SSSR count). The lowest BCUT2D eigenvalue weighted by Gasteiger charge is -2.32. The molecule has 5 atom stereocenters. The molecule has 0 unspecified atom stereocenters. The van der Waals surface area contributed by atoms with Gasteiger partial charge in [-0.1, -0.05) is 45.9 Å². The lowest BCUT2D eigenvalue weighted by molar-refractivity contribution is -0.143. The Balaban J connectivity index is 1.79. The van der Waals surface area contributed by atoms with Crippen LogP contribution in [0.15, 0.2) is 30.5 Å². The van der Waals surface area contributed by atoms with Crippen molar-refractivity contribution in [2.45, 2.75) is 84.1 Å². The number of hydrogen-bond donors (Lipinski definition) is 7. The minimum absolute atomic E-state index is 0.0582. The van der Waals surface area contributed by atoms with Crippen molar-refractivity contribution in [2.24, 2.45) is 17.6 Å². The number of aromatic amines is 1. The smallest absolute Gasteiger partial charge is 0.325 e. The van der Waals surface area contributed by atoms with E-state index in [2.05, 4.69) is 26.3 Å². The lowest BCUT2D eigenvalue weighted by Crippen LogP contribution is -2.60. The topological polar surface area (TPSA) is 216 Å². The summed E-state index contributed by atoms with van der Waals surface area (Å²) in [7, 11) is 0. The molecule has 246 valence electrons. The number of carbonyl (C=O) groups is 6. The number of nitrogens with zero attached hydrogens (tertiary/aromatic N) is 1. The third-order valence-corrected chi connectivity index (χ3v) is 7.98. The Labute approximate surface area is 262 Å². The van der Waals surface area contributed by atoms with E-state index >= 15 is 0 Å². The van der Waals surface area contributed by atoms with Gasteiger partial charge in [0, 0.05) is 30.1 Å². The molecule has 0 spiro atoms. The molecule has 1 saturated heterocycles. The molecule has 1 aliphatic heterocycles. The summed E-state index contributed by atoms with van der Waals surface area (Å²) in [4.78, 5) is 81.8. The first-order chi connectivity index (χ1) is 21.2. The SMILES string of the molecule is CC(C)[C@H](NC(=O)[C@@H]1CCCN1C(=O)[C@@H](NC(=O)CN)C(C)C)C(=O)N[C@@H](Cc1c[nH]c2ccccc12)C(=O)N[C@@H](C)C(=O)O. The van der Waals surface area contributed by atoms with Crippen LogP contribution in [0.2, 0.25) is 0 Å². The monoisotopic (exact) mass is 627 g/mol. The summed E-state index contributed by atoms with van der Waals surface area (Å²) in [5.74, 6) is -4.63. The third-order valence-electron chi connectivity index (χ3n) is 7.98. The van der Waals surface area contributed by atoms with E-state index in [0.29, 0.717) is 19.4 Å². The summed E-state index contributed by atoms with van der Waals surface area (Å²) in [5, 5.41) is 20.7. The Morgan fingerprint density at radius 2 is 1.60 bits per heavy atom. The predicted molar refractivity (Wildman–Crippen MR) is 167 cm³/mol. The number of fused-ring (bicyclic) bond motifs is 1. The Bertz CT molecular complexity index is 1410. The number of para-hydroxylation sites is 1. The van der Waals surface area contributed by atoms with Gasteiger partial charge in [-0.05, 0) is 43.2 Å². The molecular weight excluding hydrogens is 582 g/mol. The molecule has 1 aromatic heterocycles. The van der Waals surface area contributed by atoms with Gasteiger partial charge >= 0.3 is 5.97 Å². The van der Waals surface area contributed by atoms with E-state index in [4.69, 9.17) is 5.73 Å². The number of carbonyl (C=O) groups excluding carboxylic acids is 5. The number of aliphatic carboxylic acids is 1. The van der Waals surface area contributed by atoms with E-state index in [-0.39, 0.29) is 18.9 Å². The molecular formula is C31H45N7O7.